The summed E-state index contributed by atoms with van der Waals surface area (Å²) in [6.45, 7) is 11.2. The second kappa shape index (κ2) is 4.30. The standard InChI is InChI=1S/C11H24N2O/c1-10(2,3)9(14)13(6)8-11(4,5)7-12/h7-8,12H2,1-6H3. The summed E-state index contributed by atoms with van der Waals surface area (Å²) in [7, 11) is 1.84. The number of rotatable bonds is 3. The van der Waals surface area contributed by atoms with Crippen molar-refractivity contribution < 1.29 is 4.79 Å². The van der Waals surface area contributed by atoms with Crippen molar-refractivity contribution in [3.05, 3.63) is 0 Å². The van der Waals surface area contributed by atoms with Crippen LogP contribution in [-0.4, -0.2) is 30.9 Å². The van der Waals surface area contributed by atoms with Crippen LogP contribution in [0.5, 0.6) is 0 Å². The molecule has 0 aromatic carbocycles. The maximum absolute atomic E-state index is 11.8. The zero-order chi connectivity index (χ0) is 11.6. The molecule has 0 aromatic rings. The van der Waals surface area contributed by atoms with E-state index in [4.69, 9.17) is 5.73 Å². The van der Waals surface area contributed by atoms with Gasteiger partial charge in [0.1, 0.15) is 0 Å². The number of amides is 1. The molecule has 0 atom stereocenters. The van der Waals surface area contributed by atoms with Gasteiger partial charge in [0.05, 0.1) is 0 Å². The van der Waals surface area contributed by atoms with Gasteiger partial charge in [-0.2, -0.15) is 0 Å². The van der Waals surface area contributed by atoms with E-state index in [0.717, 1.165) is 0 Å². The molecule has 0 saturated carbocycles. The average molecular weight is 200 g/mol. The molecule has 3 heteroatoms. The Labute approximate surface area is 87.6 Å². The van der Waals surface area contributed by atoms with Crippen molar-refractivity contribution in [1.82, 2.24) is 4.90 Å². The van der Waals surface area contributed by atoms with E-state index in [-0.39, 0.29) is 16.7 Å². The molecule has 3 nitrogen and oxygen atoms in total. The van der Waals surface area contributed by atoms with Crippen LogP contribution in [0.4, 0.5) is 0 Å². The van der Waals surface area contributed by atoms with E-state index in [1.807, 2.05) is 27.8 Å². The molecule has 0 saturated heterocycles. The highest BCUT2D eigenvalue weighted by Crippen LogP contribution is 2.20. The van der Waals surface area contributed by atoms with Crippen molar-refractivity contribution in [2.75, 3.05) is 20.1 Å². The van der Waals surface area contributed by atoms with Crippen LogP contribution in [0.3, 0.4) is 0 Å². The average Bonchev–Trinajstić information content (AvgIpc) is 2.00. The number of hydrogen-bond acceptors (Lipinski definition) is 2. The van der Waals surface area contributed by atoms with Gasteiger partial charge in [-0.15, -0.1) is 0 Å². The fraction of sp³-hybridized carbons (Fsp3) is 0.909. The van der Waals surface area contributed by atoms with E-state index in [1.165, 1.54) is 0 Å². The Morgan fingerprint density at radius 1 is 1.21 bits per heavy atom. The van der Waals surface area contributed by atoms with Gasteiger partial charge in [-0.25, -0.2) is 0 Å². The Morgan fingerprint density at radius 2 is 1.64 bits per heavy atom. The Hall–Kier alpha value is -0.570. The molecule has 0 aliphatic carbocycles. The van der Waals surface area contributed by atoms with Crippen molar-refractivity contribution in [1.29, 1.82) is 0 Å². The molecule has 0 unspecified atom stereocenters. The second-order valence-corrected chi connectivity index (χ2v) is 5.78. The minimum absolute atomic E-state index is 0.00431. The normalized spacial score (nSPS) is 12.8. The van der Waals surface area contributed by atoms with Crippen molar-refractivity contribution in [3.63, 3.8) is 0 Å². The summed E-state index contributed by atoms with van der Waals surface area (Å²) in [6, 6.07) is 0. The van der Waals surface area contributed by atoms with Crippen molar-refractivity contribution in [2.24, 2.45) is 16.6 Å². The van der Waals surface area contributed by atoms with Gasteiger partial charge in [0.15, 0.2) is 0 Å². The fourth-order valence-electron chi connectivity index (χ4n) is 1.35. The predicted octanol–water partition coefficient (Wildman–Crippen LogP) is 1.48. The summed E-state index contributed by atoms with van der Waals surface area (Å²) in [6.07, 6.45) is 0. The topological polar surface area (TPSA) is 46.3 Å². The number of nitrogens with two attached hydrogens (primary N) is 1. The molecular formula is C11H24N2O. The zero-order valence-corrected chi connectivity index (χ0v) is 10.3. The summed E-state index contributed by atoms with van der Waals surface area (Å²) < 4.78 is 0. The summed E-state index contributed by atoms with van der Waals surface area (Å²) in [5.74, 6) is 0.166. The quantitative estimate of drug-likeness (QED) is 0.750. The van der Waals surface area contributed by atoms with E-state index in [1.54, 1.807) is 4.90 Å². The molecule has 0 aliphatic heterocycles. The van der Waals surface area contributed by atoms with Gasteiger partial charge in [0.25, 0.3) is 0 Å². The minimum Gasteiger partial charge on any atom is -0.345 e. The van der Waals surface area contributed by atoms with E-state index in [0.29, 0.717) is 13.1 Å². The van der Waals surface area contributed by atoms with Crippen LogP contribution in [0.15, 0.2) is 0 Å². The predicted molar refractivity (Wildman–Crippen MR) is 59.9 cm³/mol. The monoisotopic (exact) mass is 200 g/mol. The highest BCUT2D eigenvalue weighted by Gasteiger charge is 2.28. The van der Waals surface area contributed by atoms with Gasteiger partial charge in [0, 0.05) is 19.0 Å². The fourth-order valence-corrected chi connectivity index (χ4v) is 1.35. The van der Waals surface area contributed by atoms with E-state index < -0.39 is 0 Å². The molecular weight excluding hydrogens is 176 g/mol. The second-order valence-electron chi connectivity index (χ2n) is 5.78. The van der Waals surface area contributed by atoms with Crippen LogP contribution in [-0.2, 0) is 4.79 Å². The van der Waals surface area contributed by atoms with Crippen LogP contribution in [0.2, 0.25) is 0 Å². The minimum atomic E-state index is -0.306. The number of carbonyl (C=O) groups is 1. The van der Waals surface area contributed by atoms with Crippen molar-refractivity contribution in [3.8, 4) is 0 Å². The van der Waals surface area contributed by atoms with Gasteiger partial charge in [-0.05, 0) is 12.0 Å². The SMILES string of the molecule is CN(CC(C)(C)CN)C(=O)C(C)(C)C. The first-order valence-corrected chi connectivity index (χ1v) is 5.06. The lowest BCUT2D eigenvalue weighted by Gasteiger charge is -2.32. The highest BCUT2D eigenvalue weighted by atomic mass is 16.2. The molecule has 0 radical (unpaired) electrons. The Morgan fingerprint density at radius 3 is 1.93 bits per heavy atom. The lowest BCUT2D eigenvalue weighted by atomic mass is 9.90. The third kappa shape index (κ3) is 4.09. The maximum atomic E-state index is 11.8. The molecule has 0 aromatic heterocycles. The molecule has 0 rings (SSSR count). The largest absolute Gasteiger partial charge is 0.345 e. The number of carbonyl (C=O) groups excluding carboxylic acids is 1. The number of hydrogen-bond donors (Lipinski definition) is 1. The molecule has 0 heterocycles. The Bertz CT molecular complexity index is 204. The maximum Gasteiger partial charge on any atom is 0.227 e. The Balaban J connectivity index is 4.37. The van der Waals surface area contributed by atoms with Gasteiger partial charge < -0.3 is 10.6 Å². The van der Waals surface area contributed by atoms with Gasteiger partial charge >= 0.3 is 0 Å². The highest BCUT2D eigenvalue weighted by molar-refractivity contribution is 5.81. The molecule has 2 N–H and O–H groups in total. The zero-order valence-electron chi connectivity index (χ0n) is 10.3. The first-order valence-electron chi connectivity index (χ1n) is 5.06. The van der Waals surface area contributed by atoms with Crippen LogP contribution < -0.4 is 5.73 Å². The number of nitrogens with zero attached hydrogens (tertiary/aromatic N) is 1. The summed E-state index contributed by atoms with van der Waals surface area (Å²) in [4.78, 5) is 13.6. The van der Waals surface area contributed by atoms with Gasteiger partial charge in [-0.1, -0.05) is 34.6 Å². The molecule has 84 valence electrons. The Kier molecular flexibility index (Phi) is 4.13. The van der Waals surface area contributed by atoms with Gasteiger partial charge in [-0.3, -0.25) is 4.79 Å². The third-order valence-electron chi connectivity index (χ3n) is 2.21. The molecule has 0 aliphatic rings. The van der Waals surface area contributed by atoms with E-state index >= 15 is 0 Å². The summed E-state index contributed by atoms with van der Waals surface area (Å²) in [5, 5.41) is 0. The first-order chi connectivity index (χ1) is 6.10. The lowest BCUT2D eigenvalue weighted by molar-refractivity contribution is -0.139. The molecule has 0 fully saturated rings. The van der Waals surface area contributed by atoms with Crippen molar-refractivity contribution >= 4 is 5.91 Å². The van der Waals surface area contributed by atoms with E-state index in [2.05, 4.69) is 13.8 Å². The molecule has 0 spiro atoms. The summed E-state index contributed by atoms with van der Waals surface area (Å²) in [5.41, 5.74) is 5.32. The van der Waals surface area contributed by atoms with Crippen LogP contribution in [0.25, 0.3) is 0 Å². The lowest BCUT2D eigenvalue weighted by Crippen LogP contribution is -2.44. The van der Waals surface area contributed by atoms with Gasteiger partial charge in [0.2, 0.25) is 5.91 Å². The van der Waals surface area contributed by atoms with Crippen LogP contribution in [0, 0.1) is 10.8 Å². The first kappa shape index (κ1) is 13.4. The molecule has 14 heavy (non-hydrogen) atoms. The molecule has 1 amide bonds. The van der Waals surface area contributed by atoms with Crippen LogP contribution >= 0.6 is 0 Å². The smallest absolute Gasteiger partial charge is 0.227 e. The van der Waals surface area contributed by atoms with Crippen molar-refractivity contribution in [2.45, 2.75) is 34.6 Å². The van der Waals surface area contributed by atoms with E-state index in [9.17, 15) is 4.79 Å². The third-order valence-corrected chi connectivity index (χ3v) is 2.21. The summed E-state index contributed by atoms with van der Waals surface area (Å²) >= 11 is 0. The molecule has 0 bridgehead atoms. The van der Waals surface area contributed by atoms with Crippen LogP contribution in [0.1, 0.15) is 34.6 Å².